The molecule has 3 rings (SSSR count). The molecule has 0 spiro atoms. The molecule has 0 saturated carbocycles. The summed E-state index contributed by atoms with van der Waals surface area (Å²) in [5, 5.41) is 7.81. The number of rotatable bonds is 9. The predicted molar refractivity (Wildman–Crippen MR) is 118 cm³/mol. The van der Waals surface area contributed by atoms with Gasteiger partial charge in [0.15, 0.2) is 5.16 Å². The molecule has 0 atom stereocenters. The summed E-state index contributed by atoms with van der Waals surface area (Å²) in [6, 6.07) is 10.3. The van der Waals surface area contributed by atoms with Gasteiger partial charge in [-0.25, -0.2) is 9.78 Å². The van der Waals surface area contributed by atoms with Gasteiger partial charge in [-0.3, -0.25) is 19.5 Å². The Morgan fingerprint density at radius 3 is 2.83 bits per heavy atom. The SMILES string of the molecule is COCCCn1c(SCC(=O)NC(=O)NCc2cccs2)nc2ccccc2c1=O. The van der Waals surface area contributed by atoms with Gasteiger partial charge in [-0.2, -0.15) is 0 Å². The second kappa shape index (κ2) is 10.9. The number of nitrogens with zero attached hydrogens (tertiary/aromatic N) is 2. The number of methoxy groups -OCH3 is 1. The van der Waals surface area contributed by atoms with Crippen molar-refractivity contribution in [1.29, 1.82) is 0 Å². The summed E-state index contributed by atoms with van der Waals surface area (Å²) in [7, 11) is 1.60. The molecule has 0 saturated heterocycles. The van der Waals surface area contributed by atoms with Crippen molar-refractivity contribution in [2.24, 2.45) is 0 Å². The Morgan fingerprint density at radius 1 is 1.23 bits per heavy atom. The van der Waals surface area contributed by atoms with Crippen molar-refractivity contribution < 1.29 is 14.3 Å². The summed E-state index contributed by atoms with van der Waals surface area (Å²) in [6.45, 7) is 1.29. The Balaban J connectivity index is 1.64. The molecule has 10 heteroatoms. The number of aromatic nitrogens is 2. The summed E-state index contributed by atoms with van der Waals surface area (Å²) in [5.41, 5.74) is 0.412. The standard InChI is InChI=1S/C20H22N4O4S2/c1-28-10-5-9-24-18(26)15-7-2-3-8-16(15)22-20(24)30-13-17(25)23-19(27)21-12-14-6-4-11-29-14/h2-4,6-8,11H,5,9-10,12-13H2,1H3,(H2,21,23,25,27). The Morgan fingerprint density at radius 2 is 2.07 bits per heavy atom. The summed E-state index contributed by atoms with van der Waals surface area (Å²) >= 11 is 2.64. The molecule has 0 bridgehead atoms. The van der Waals surface area contributed by atoms with Gasteiger partial charge in [-0.15, -0.1) is 11.3 Å². The zero-order chi connectivity index (χ0) is 21.3. The van der Waals surface area contributed by atoms with Gasteiger partial charge in [0.1, 0.15) is 0 Å². The summed E-state index contributed by atoms with van der Waals surface area (Å²) in [5.74, 6) is -0.504. The van der Waals surface area contributed by atoms with Crippen LogP contribution in [0, 0.1) is 0 Å². The number of benzene rings is 1. The second-order valence-corrected chi connectivity index (χ2v) is 8.29. The molecule has 1 aromatic carbocycles. The molecule has 30 heavy (non-hydrogen) atoms. The lowest BCUT2D eigenvalue weighted by Crippen LogP contribution is -2.40. The number of carbonyl (C=O) groups excluding carboxylic acids is 2. The van der Waals surface area contributed by atoms with Gasteiger partial charge in [0.05, 0.1) is 23.2 Å². The van der Waals surface area contributed by atoms with Crippen LogP contribution < -0.4 is 16.2 Å². The summed E-state index contributed by atoms with van der Waals surface area (Å²) in [6.07, 6.45) is 0.640. The number of amides is 3. The first-order chi connectivity index (χ1) is 14.6. The van der Waals surface area contributed by atoms with Crippen LogP contribution in [0.4, 0.5) is 4.79 Å². The number of thiophene rings is 1. The maximum absolute atomic E-state index is 12.9. The third kappa shape index (κ3) is 5.91. The minimum Gasteiger partial charge on any atom is -0.385 e. The third-order valence-corrected chi connectivity index (χ3v) is 6.00. The van der Waals surface area contributed by atoms with E-state index < -0.39 is 11.9 Å². The molecule has 0 fully saturated rings. The number of hydrogen-bond acceptors (Lipinski definition) is 7. The largest absolute Gasteiger partial charge is 0.385 e. The number of hydrogen-bond donors (Lipinski definition) is 2. The maximum atomic E-state index is 12.9. The van der Waals surface area contributed by atoms with Gasteiger partial charge < -0.3 is 10.1 Å². The number of para-hydroxylation sites is 1. The van der Waals surface area contributed by atoms with Crippen LogP contribution in [0.5, 0.6) is 0 Å². The quantitative estimate of drug-likeness (QED) is 0.298. The van der Waals surface area contributed by atoms with E-state index in [1.807, 2.05) is 23.6 Å². The van der Waals surface area contributed by atoms with Gasteiger partial charge in [-0.05, 0) is 30.0 Å². The fourth-order valence-corrected chi connectivity index (χ4v) is 4.21. The molecule has 2 heterocycles. The number of urea groups is 1. The number of nitrogens with one attached hydrogen (secondary N) is 2. The lowest BCUT2D eigenvalue weighted by molar-refractivity contribution is -0.117. The van der Waals surface area contributed by atoms with E-state index in [9.17, 15) is 14.4 Å². The van der Waals surface area contributed by atoms with Crippen molar-refractivity contribution in [3.05, 3.63) is 57.0 Å². The molecule has 0 unspecified atom stereocenters. The first-order valence-electron chi connectivity index (χ1n) is 9.30. The molecule has 158 valence electrons. The molecular formula is C20H22N4O4S2. The highest BCUT2D eigenvalue weighted by Gasteiger charge is 2.14. The Bertz CT molecular complexity index is 1070. The number of ether oxygens (including phenoxy) is 1. The topological polar surface area (TPSA) is 102 Å². The van der Waals surface area contributed by atoms with Crippen molar-refractivity contribution in [3.8, 4) is 0 Å². The van der Waals surface area contributed by atoms with E-state index in [4.69, 9.17) is 4.74 Å². The molecule has 2 aromatic heterocycles. The molecular weight excluding hydrogens is 424 g/mol. The lowest BCUT2D eigenvalue weighted by Gasteiger charge is -2.13. The van der Waals surface area contributed by atoms with Crippen LogP contribution in [0.3, 0.4) is 0 Å². The fourth-order valence-electron chi connectivity index (χ4n) is 2.74. The lowest BCUT2D eigenvalue weighted by atomic mass is 10.2. The molecule has 2 N–H and O–H groups in total. The van der Waals surface area contributed by atoms with Crippen LogP contribution in [0.1, 0.15) is 11.3 Å². The highest BCUT2D eigenvalue weighted by atomic mass is 32.2. The van der Waals surface area contributed by atoms with Gasteiger partial charge in [-0.1, -0.05) is 30.0 Å². The first-order valence-corrected chi connectivity index (χ1v) is 11.2. The Hall–Kier alpha value is -2.69. The monoisotopic (exact) mass is 446 g/mol. The minimum atomic E-state index is -0.557. The van der Waals surface area contributed by atoms with E-state index in [-0.39, 0.29) is 11.3 Å². The Kier molecular flexibility index (Phi) is 8.00. The van der Waals surface area contributed by atoms with Crippen LogP contribution in [0.2, 0.25) is 0 Å². The predicted octanol–water partition coefficient (Wildman–Crippen LogP) is 2.61. The number of fused-ring (bicyclic) bond motifs is 1. The van der Waals surface area contributed by atoms with Crippen LogP contribution in [-0.2, 0) is 22.6 Å². The molecule has 8 nitrogen and oxygen atoms in total. The zero-order valence-corrected chi connectivity index (χ0v) is 18.1. The number of imide groups is 1. The minimum absolute atomic E-state index is 0.0402. The molecule has 3 aromatic rings. The summed E-state index contributed by atoms with van der Waals surface area (Å²) < 4.78 is 6.62. The van der Waals surface area contributed by atoms with Crippen molar-refractivity contribution in [1.82, 2.24) is 20.2 Å². The highest BCUT2D eigenvalue weighted by Crippen LogP contribution is 2.18. The number of thioether (sulfide) groups is 1. The van der Waals surface area contributed by atoms with Gasteiger partial charge >= 0.3 is 6.03 Å². The van der Waals surface area contributed by atoms with Gasteiger partial charge in [0.2, 0.25) is 5.91 Å². The Labute approximate surface area is 181 Å². The third-order valence-electron chi connectivity index (χ3n) is 4.15. The van der Waals surface area contributed by atoms with Gasteiger partial charge in [0, 0.05) is 25.1 Å². The molecule has 0 aliphatic heterocycles. The van der Waals surface area contributed by atoms with E-state index in [0.29, 0.717) is 42.2 Å². The van der Waals surface area contributed by atoms with E-state index >= 15 is 0 Å². The first kappa shape index (κ1) is 22.0. The smallest absolute Gasteiger partial charge is 0.321 e. The average molecular weight is 447 g/mol. The molecule has 0 aliphatic rings. The van der Waals surface area contributed by atoms with Crippen LogP contribution in [0.25, 0.3) is 10.9 Å². The summed E-state index contributed by atoms with van der Waals surface area (Å²) in [4.78, 5) is 42.5. The maximum Gasteiger partial charge on any atom is 0.321 e. The van der Waals surface area contributed by atoms with Crippen LogP contribution >= 0.6 is 23.1 Å². The van der Waals surface area contributed by atoms with Crippen molar-refractivity contribution in [3.63, 3.8) is 0 Å². The van der Waals surface area contributed by atoms with E-state index in [1.165, 1.54) is 11.3 Å². The van der Waals surface area contributed by atoms with Gasteiger partial charge in [0.25, 0.3) is 5.56 Å². The molecule has 0 aliphatic carbocycles. The fraction of sp³-hybridized carbons (Fsp3) is 0.300. The second-order valence-electron chi connectivity index (χ2n) is 6.31. The van der Waals surface area contributed by atoms with Crippen molar-refractivity contribution in [2.75, 3.05) is 19.5 Å². The van der Waals surface area contributed by atoms with E-state index in [1.54, 1.807) is 29.9 Å². The zero-order valence-electron chi connectivity index (χ0n) is 16.4. The van der Waals surface area contributed by atoms with Crippen LogP contribution in [0.15, 0.2) is 51.7 Å². The van der Waals surface area contributed by atoms with E-state index in [0.717, 1.165) is 16.6 Å². The normalized spacial score (nSPS) is 10.8. The van der Waals surface area contributed by atoms with Crippen molar-refractivity contribution in [2.45, 2.75) is 24.7 Å². The van der Waals surface area contributed by atoms with Crippen LogP contribution in [-0.4, -0.2) is 41.0 Å². The van der Waals surface area contributed by atoms with E-state index in [2.05, 4.69) is 15.6 Å². The van der Waals surface area contributed by atoms with Crippen molar-refractivity contribution >= 4 is 45.9 Å². The number of carbonyl (C=O) groups is 2. The molecule has 0 radical (unpaired) electrons. The highest BCUT2D eigenvalue weighted by molar-refractivity contribution is 7.99. The molecule has 3 amide bonds. The average Bonchev–Trinajstić information content (AvgIpc) is 3.26.